The van der Waals surface area contributed by atoms with Crippen molar-refractivity contribution in [3.05, 3.63) is 46.0 Å². The van der Waals surface area contributed by atoms with Crippen LogP contribution in [0.25, 0.3) is 0 Å². The van der Waals surface area contributed by atoms with Gasteiger partial charge in [0.1, 0.15) is 11.6 Å². The molecule has 3 atom stereocenters. The molecule has 0 aliphatic heterocycles. The third kappa shape index (κ3) is 10.7. The van der Waals surface area contributed by atoms with E-state index in [-0.39, 0.29) is 19.4 Å². The van der Waals surface area contributed by atoms with Gasteiger partial charge in [-0.3, -0.25) is 19.7 Å². The lowest BCUT2D eigenvalue weighted by Crippen LogP contribution is -2.52. The Kier molecular flexibility index (Phi) is 10.6. The molecule has 0 bridgehead atoms. The van der Waals surface area contributed by atoms with Crippen LogP contribution >= 0.6 is 0 Å². The van der Waals surface area contributed by atoms with E-state index in [1.54, 1.807) is 27.7 Å². The second-order valence-corrected chi connectivity index (χ2v) is 8.46. The zero-order valence-electron chi connectivity index (χ0n) is 19.3. The Hall–Kier alpha value is -3.17. The predicted octanol–water partition coefficient (Wildman–Crippen LogP) is 2.47. The summed E-state index contributed by atoms with van der Waals surface area (Å²) in [7, 11) is 0. The van der Waals surface area contributed by atoms with Crippen molar-refractivity contribution in [2.75, 3.05) is 13.2 Å². The van der Waals surface area contributed by atoms with Crippen molar-refractivity contribution in [3.8, 4) is 0 Å². The molecule has 10 nitrogen and oxygen atoms in total. The molecule has 1 aromatic rings. The predicted molar refractivity (Wildman–Crippen MR) is 118 cm³/mol. The molecule has 10 heteroatoms. The summed E-state index contributed by atoms with van der Waals surface area (Å²) in [5.74, 6) is -1.93. The zero-order valence-corrected chi connectivity index (χ0v) is 19.3. The van der Waals surface area contributed by atoms with Crippen LogP contribution in [-0.4, -0.2) is 53.7 Å². The summed E-state index contributed by atoms with van der Waals surface area (Å²) in [4.78, 5) is 47.6. The van der Waals surface area contributed by atoms with Gasteiger partial charge >= 0.3 is 12.1 Å². The van der Waals surface area contributed by atoms with E-state index in [9.17, 15) is 24.5 Å². The van der Waals surface area contributed by atoms with Crippen LogP contribution in [-0.2, 0) is 25.5 Å². The molecule has 0 unspecified atom stereocenters. The van der Waals surface area contributed by atoms with E-state index in [1.165, 1.54) is 6.92 Å². The van der Waals surface area contributed by atoms with Gasteiger partial charge in [-0.25, -0.2) is 4.79 Å². The molecular weight excluding hydrogens is 418 g/mol. The number of hydrogen-bond acceptors (Lipinski definition) is 7. The first-order valence-corrected chi connectivity index (χ1v) is 10.5. The molecule has 0 aromatic heterocycles. The van der Waals surface area contributed by atoms with Crippen molar-refractivity contribution in [3.63, 3.8) is 0 Å². The molecular formula is C22H33N3O7. The number of benzene rings is 1. The maximum absolute atomic E-state index is 12.8. The van der Waals surface area contributed by atoms with Gasteiger partial charge in [0.15, 0.2) is 0 Å². The minimum Gasteiger partial charge on any atom is -0.466 e. The summed E-state index contributed by atoms with van der Waals surface area (Å²) in [6.07, 6.45) is -0.711. The van der Waals surface area contributed by atoms with E-state index in [4.69, 9.17) is 9.47 Å². The molecule has 178 valence electrons. The summed E-state index contributed by atoms with van der Waals surface area (Å²) in [6, 6.07) is 7.43. The average molecular weight is 452 g/mol. The molecule has 0 spiro atoms. The number of carbonyl (C=O) groups excluding carboxylic acids is 3. The molecule has 0 fully saturated rings. The number of esters is 1. The van der Waals surface area contributed by atoms with E-state index >= 15 is 0 Å². The van der Waals surface area contributed by atoms with Gasteiger partial charge < -0.3 is 20.1 Å². The lowest BCUT2D eigenvalue weighted by Gasteiger charge is -2.27. The molecule has 32 heavy (non-hydrogen) atoms. The van der Waals surface area contributed by atoms with Crippen molar-refractivity contribution in [1.29, 1.82) is 0 Å². The van der Waals surface area contributed by atoms with Crippen LogP contribution in [0, 0.1) is 16.0 Å². The fraction of sp³-hybridized carbons (Fsp3) is 0.591. The minimum absolute atomic E-state index is 0.149. The Morgan fingerprint density at radius 2 is 1.75 bits per heavy atom. The summed E-state index contributed by atoms with van der Waals surface area (Å²) in [5, 5.41) is 16.5. The number of amides is 2. The molecule has 1 rings (SSSR count). The Morgan fingerprint density at radius 3 is 2.28 bits per heavy atom. The fourth-order valence-electron chi connectivity index (χ4n) is 3.02. The second-order valence-electron chi connectivity index (χ2n) is 8.46. The first-order valence-electron chi connectivity index (χ1n) is 10.5. The van der Waals surface area contributed by atoms with Gasteiger partial charge in [-0.2, -0.15) is 0 Å². The van der Waals surface area contributed by atoms with Crippen LogP contribution in [0.1, 0.15) is 46.6 Å². The molecule has 2 N–H and O–H groups in total. The van der Waals surface area contributed by atoms with Crippen molar-refractivity contribution >= 4 is 18.0 Å². The highest BCUT2D eigenvalue weighted by Gasteiger charge is 2.32. The third-order valence-corrected chi connectivity index (χ3v) is 4.44. The van der Waals surface area contributed by atoms with Crippen molar-refractivity contribution in [1.82, 2.24) is 10.6 Å². The van der Waals surface area contributed by atoms with Crippen LogP contribution in [0.3, 0.4) is 0 Å². The quantitative estimate of drug-likeness (QED) is 0.299. The van der Waals surface area contributed by atoms with Crippen LogP contribution in [0.15, 0.2) is 30.3 Å². The third-order valence-electron chi connectivity index (χ3n) is 4.44. The fourth-order valence-corrected chi connectivity index (χ4v) is 3.02. The molecule has 1 aromatic carbocycles. The average Bonchev–Trinajstić information content (AvgIpc) is 2.66. The Bertz CT molecular complexity index is 777. The van der Waals surface area contributed by atoms with E-state index in [0.717, 1.165) is 5.56 Å². The maximum atomic E-state index is 12.8. The number of ether oxygens (including phenoxy) is 2. The number of rotatable bonds is 11. The molecule has 0 saturated heterocycles. The van der Waals surface area contributed by atoms with Gasteiger partial charge in [0, 0.05) is 11.0 Å². The van der Waals surface area contributed by atoms with Crippen molar-refractivity contribution in [2.24, 2.45) is 5.92 Å². The molecule has 0 aliphatic rings. The lowest BCUT2D eigenvalue weighted by atomic mass is 9.90. The first kappa shape index (κ1) is 26.9. The summed E-state index contributed by atoms with van der Waals surface area (Å²) in [5.41, 5.74) is 0.106. The standard InChI is InChI=1S/C22H33N3O7/c1-6-31-19(26)13-17(14-25(29)30)18(12-16-10-8-7-9-11-16)24-20(27)15(2)23-21(28)32-22(3,4)5/h7-11,15,17-18H,6,12-14H2,1-5H3,(H,23,28)(H,24,27)/t15-,17+,18-/m0/s1. The van der Waals surface area contributed by atoms with Crippen molar-refractivity contribution in [2.45, 2.75) is 65.1 Å². The lowest BCUT2D eigenvalue weighted by molar-refractivity contribution is -0.488. The largest absolute Gasteiger partial charge is 0.466 e. The minimum atomic E-state index is -0.957. The second kappa shape index (κ2) is 12.6. The number of alkyl carbamates (subject to hydrolysis) is 1. The van der Waals surface area contributed by atoms with Gasteiger partial charge in [0.05, 0.1) is 18.9 Å². The van der Waals surface area contributed by atoms with E-state index in [1.807, 2.05) is 30.3 Å². The Morgan fingerprint density at radius 1 is 1.12 bits per heavy atom. The zero-order chi connectivity index (χ0) is 24.3. The van der Waals surface area contributed by atoms with Crippen LogP contribution < -0.4 is 10.6 Å². The maximum Gasteiger partial charge on any atom is 0.408 e. The SMILES string of the molecule is CCOC(=O)C[C@H](C[N+](=O)[O-])[C@H](Cc1ccccc1)NC(=O)[C@H](C)NC(=O)OC(C)(C)C. The molecule has 0 radical (unpaired) electrons. The van der Waals surface area contributed by atoms with E-state index in [2.05, 4.69) is 10.6 Å². The first-order chi connectivity index (χ1) is 14.9. The Balaban J connectivity index is 3.02. The van der Waals surface area contributed by atoms with Gasteiger partial charge in [-0.05, 0) is 46.6 Å². The smallest absolute Gasteiger partial charge is 0.408 e. The van der Waals surface area contributed by atoms with Gasteiger partial charge in [-0.15, -0.1) is 0 Å². The normalized spacial score (nSPS) is 13.9. The molecule has 0 aliphatic carbocycles. The van der Waals surface area contributed by atoms with E-state index < -0.39 is 53.0 Å². The summed E-state index contributed by atoms with van der Waals surface area (Å²) in [6.45, 7) is 7.85. The highest BCUT2D eigenvalue weighted by Crippen LogP contribution is 2.17. The van der Waals surface area contributed by atoms with E-state index in [0.29, 0.717) is 0 Å². The number of carbonyl (C=O) groups is 3. The van der Waals surface area contributed by atoms with Crippen molar-refractivity contribution < 1.29 is 28.8 Å². The van der Waals surface area contributed by atoms with Gasteiger partial charge in [-0.1, -0.05) is 30.3 Å². The van der Waals surface area contributed by atoms with Crippen LogP contribution in [0.2, 0.25) is 0 Å². The highest BCUT2D eigenvalue weighted by atomic mass is 16.6. The number of nitrogens with one attached hydrogen (secondary N) is 2. The Labute approximate surface area is 188 Å². The highest BCUT2D eigenvalue weighted by molar-refractivity contribution is 5.85. The molecule has 0 saturated carbocycles. The molecule has 0 heterocycles. The number of hydrogen-bond donors (Lipinski definition) is 2. The van der Waals surface area contributed by atoms with Gasteiger partial charge in [0.25, 0.3) is 0 Å². The topological polar surface area (TPSA) is 137 Å². The number of nitrogens with zero attached hydrogens (tertiary/aromatic N) is 1. The summed E-state index contributed by atoms with van der Waals surface area (Å²) < 4.78 is 10.1. The molecule has 2 amide bonds. The summed E-state index contributed by atoms with van der Waals surface area (Å²) >= 11 is 0. The number of nitro groups is 1. The van der Waals surface area contributed by atoms with Crippen LogP contribution in [0.4, 0.5) is 4.79 Å². The van der Waals surface area contributed by atoms with Crippen LogP contribution in [0.5, 0.6) is 0 Å². The van der Waals surface area contributed by atoms with Gasteiger partial charge in [0.2, 0.25) is 12.5 Å². The monoisotopic (exact) mass is 451 g/mol.